The zero-order valence-electron chi connectivity index (χ0n) is 14.3. The molecular weight excluding hydrogens is 542 g/mol. The van der Waals surface area contributed by atoms with Crippen LogP contribution in [0, 0.1) is 0 Å². The summed E-state index contributed by atoms with van der Waals surface area (Å²) in [6, 6.07) is 15.7. The zero-order valence-corrected chi connectivity index (χ0v) is 18.1. The summed E-state index contributed by atoms with van der Waals surface area (Å²) in [6.45, 7) is 0.901. The second kappa shape index (κ2) is 16.7. The van der Waals surface area contributed by atoms with Crippen molar-refractivity contribution < 1.29 is 26.0 Å². The zero-order chi connectivity index (χ0) is 18.9. The Morgan fingerprint density at radius 1 is 0.720 bits per heavy atom. The average Bonchev–Trinajstić information content (AvgIpc) is 2.65. The van der Waals surface area contributed by atoms with Gasteiger partial charge in [-0.3, -0.25) is 0 Å². The molecule has 0 spiro atoms. The van der Waals surface area contributed by atoms with Gasteiger partial charge in [0.1, 0.15) is 11.5 Å². The summed E-state index contributed by atoms with van der Waals surface area (Å²) in [5.41, 5.74) is 16.4. The van der Waals surface area contributed by atoms with E-state index in [0.717, 1.165) is 24.3 Å². The van der Waals surface area contributed by atoms with Crippen molar-refractivity contribution in [3.05, 3.63) is 71.1 Å². The molecule has 0 saturated heterocycles. The van der Waals surface area contributed by atoms with Gasteiger partial charge in [0.05, 0.1) is 14.2 Å². The Balaban J connectivity index is 0.000000399. The van der Waals surface area contributed by atoms with Gasteiger partial charge in [0.15, 0.2) is 0 Å². The molecule has 0 heterocycles. The Hall–Kier alpha value is -0.772. The summed E-state index contributed by atoms with van der Waals surface area (Å²) in [5, 5.41) is 0. The number of hydrogen-bond acceptors (Lipinski definition) is 2. The Bertz CT molecular complexity index is 490. The Kier molecular flexibility index (Phi) is 16.2. The molecule has 2 rings (SSSR count). The van der Waals surface area contributed by atoms with E-state index in [0.29, 0.717) is 13.1 Å². The number of ether oxygens (including phenoxy) is 2. The predicted octanol–water partition coefficient (Wildman–Crippen LogP) is 5.96. The van der Waals surface area contributed by atoms with Crippen LogP contribution in [0.3, 0.4) is 0 Å². The third kappa shape index (κ3) is 12.3. The molecule has 4 nitrogen and oxygen atoms in total. The van der Waals surface area contributed by atoms with Crippen LogP contribution in [-0.2, 0) is 29.3 Å². The number of halogens is 2. The summed E-state index contributed by atoms with van der Waals surface area (Å²) in [5.74, 6) is 1.75. The van der Waals surface area contributed by atoms with Gasteiger partial charge in [0, 0.05) is 0 Å². The first-order valence-corrected chi connectivity index (χ1v) is 13.2. The second-order valence-corrected chi connectivity index (χ2v) is 8.02. The number of hydrogen-bond donors (Lipinski definition) is 0. The van der Waals surface area contributed by atoms with E-state index in [9.17, 15) is 0 Å². The van der Waals surface area contributed by atoms with Gasteiger partial charge in [-0.2, -0.15) is 0 Å². The molecule has 0 atom stereocenters. The van der Waals surface area contributed by atoms with Gasteiger partial charge in [-0.15, -0.1) is 13.1 Å². The van der Waals surface area contributed by atoms with E-state index in [2.05, 4.69) is 0 Å². The molecule has 2 N–H and O–H groups in total. The molecule has 7 heteroatoms. The van der Waals surface area contributed by atoms with Gasteiger partial charge in [-0.25, -0.2) is 0 Å². The normalized spacial score (nSPS) is 9.36. The standard InChI is InChI=1S/2C9H12NO.2ClH.Pt/c2*1-11-9-4-2-8(3-5-9)6-7-10;;;/h2*2-5,10H,6-7H2,1H3;2*1H;/q2*-1;;;+4/p-2. The van der Waals surface area contributed by atoms with E-state index < -0.39 is 16.5 Å². The predicted molar refractivity (Wildman–Crippen MR) is 103 cm³/mol. The maximum atomic E-state index is 7.01. The van der Waals surface area contributed by atoms with Crippen LogP contribution in [-0.4, -0.2) is 27.3 Å². The molecule has 142 valence electrons. The molecule has 0 aliphatic rings. The third-order valence-corrected chi connectivity index (χ3v) is 3.15. The molecule has 2 aromatic carbocycles. The minimum atomic E-state index is -0.472. The fraction of sp³-hybridized carbons (Fsp3) is 0.333. The van der Waals surface area contributed by atoms with Crippen molar-refractivity contribution in [2.24, 2.45) is 0 Å². The molecule has 0 aromatic heterocycles. The van der Waals surface area contributed by atoms with Crippen LogP contribution < -0.4 is 9.47 Å². The Labute approximate surface area is 167 Å². The Morgan fingerprint density at radius 2 is 1.00 bits per heavy atom. The van der Waals surface area contributed by atoms with Crippen LogP contribution in [0.15, 0.2) is 48.5 Å². The first-order valence-electron chi connectivity index (χ1n) is 7.52. The van der Waals surface area contributed by atoms with Crippen molar-refractivity contribution in [3.63, 3.8) is 0 Å². The second-order valence-electron chi connectivity index (χ2n) is 4.74. The molecule has 0 bridgehead atoms. The number of rotatable bonds is 6. The third-order valence-electron chi connectivity index (χ3n) is 3.15. The van der Waals surface area contributed by atoms with Gasteiger partial charge in [0.25, 0.3) is 0 Å². The maximum absolute atomic E-state index is 7.01. The fourth-order valence-electron chi connectivity index (χ4n) is 1.87. The molecule has 0 aliphatic heterocycles. The van der Waals surface area contributed by atoms with Gasteiger partial charge >= 0.3 is 35.3 Å². The van der Waals surface area contributed by atoms with E-state index in [1.807, 2.05) is 48.5 Å². The summed E-state index contributed by atoms with van der Waals surface area (Å²) in [7, 11) is 13.1. The average molecular weight is 566 g/mol. The van der Waals surface area contributed by atoms with Crippen molar-refractivity contribution in [1.82, 2.24) is 0 Å². The van der Waals surface area contributed by atoms with Crippen LogP contribution in [0.4, 0.5) is 0 Å². The van der Waals surface area contributed by atoms with Crippen molar-refractivity contribution in [3.8, 4) is 11.5 Å². The number of methoxy groups -OCH3 is 2. The molecular formula is C18H24Cl2N2O2Pt. The van der Waals surface area contributed by atoms with Crippen LogP contribution >= 0.6 is 18.8 Å². The molecule has 0 radical (unpaired) electrons. The van der Waals surface area contributed by atoms with Crippen molar-refractivity contribution in [2.45, 2.75) is 12.8 Å². The molecule has 0 amide bonds. The first kappa shape index (κ1) is 24.2. The number of benzene rings is 2. The van der Waals surface area contributed by atoms with Crippen molar-refractivity contribution >= 4 is 18.8 Å². The van der Waals surface area contributed by atoms with E-state index in [-0.39, 0.29) is 0 Å². The van der Waals surface area contributed by atoms with Crippen molar-refractivity contribution in [2.75, 3.05) is 27.3 Å². The summed E-state index contributed by atoms with van der Waals surface area (Å²) < 4.78 is 10.0. The first-order chi connectivity index (χ1) is 12.1. The summed E-state index contributed by atoms with van der Waals surface area (Å²) in [6.07, 6.45) is 1.65. The van der Waals surface area contributed by atoms with Gasteiger partial charge in [0.2, 0.25) is 0 Å². The molecule has 0 unspecified atom stereocenters. The van der Waals surface area contributed by atoms with E-state index in [4.69, 9.17) is 39.8 Å². The fourth-order valence-corrected chi connectivity index (χ4v) is 1.87. The van der Waals surface area contributed by atoms with Gasteiger partial charge in [-0.05, 0) is 48.2 Å². The summed E-state index contributed by atoms with van der Waals surface area (Å²) in [4.78, 5) is 0. The van der Waals surface area contributed by atoms with E-state index in [1.165, 1.54) is 11.1 Å². The topological polar surface area (TPSA) is 66.1 Å². The quantitative estimate of drug-likeness (QED) is 0.434. The number of nitrogens with one attached hydrogen (secondary N) is 2. The van der Waals surface area contributed by atoms with Gasteiger partial charge < -0.3 is 20.9 Å². The Morgan fingerprint density at radius 3 is 1.20 bits per heavy atom. The van der Waals surface area contributed by atoms with Gasteiger partial charge in [-0.1, -0.05) is 24.3 Å². The summed E-state index contributed by atoms with van der Waals surface area (Å²) >= 11 is -0.472. The van der Waals surface area contributed by atoms with E-state index in [1.54, 1.807) is 14.2 Å². The molecule has 0 saturated carbocycles. The minimum absolute atomic E-state index is 0.451. The van der Waals surface area contributed by atoms with Crippen LogP contribution in [0.25, 0.3) is 11.5 Å². The molecule has 0 fully saturated rings. The van der Waals surface area contributed by atoms with Crippen LogP contribution in [0.5, 0.6) is 11.5 Å². The van der Waals surface area contributed by atoms with Crippen LogP contribution in [0.1, 0.15) is 11.1 Å². The van der Waals surface area contributed by atoms with Crippen LogP contribution in [0.2, 0.25) is 0 Å². The molecule has 2 aromatic rings. The van der Waals surface area contributed by atoms with Crippen molar-refractivity contribution in [1.29, 1.82) is 0 Å². The van der Waals surface area contributed by atoms with E-state index >= 15 is 0 Å². The monoisotopic (exact) mass is 565 g/mol. The molecule has 25 heavy (non-hydrogen) atoms. The SMILES string of the molecule is COc1ccc(CC[NH-])cc1.COc1ccc(CC[NH-])cc1.[Cl][Pt+2][Cl]. The molecule has 0 aliphatic carbocycles.